The molecule has 0 saturated heterocycles. The predicted octanol–water partition coefficient (Wildman–Crippen LogP) is 10.4. The molecule has 12 rings (SSSR count). The Morgan fingerprint density at radius 2 is 1.30 bits per heavy atom. The molecule has 3 aliphatic heterocycles. The first-order valence-corrected chi connectivity index (χ1v) is 18.1. The van der Waals surface area contributed by atoms with E-state index in [1.807, 2.05) is 30.3 Å². The van der Waals surface area contributed by atoms with Crippen LogP contribution in [0, 0.1) is 7.43 Å². The van der Waals surface area contributed by atoms with Gasteiger partial charge in [0.25, 0.3) is 0 Å². The number of quaternary nitrogens is 1. The van der Waals surface area contributed by atoms with E-state index >= 15 is 0 Å². The maximum Gasteiger partial charge on any atom is 0.164 e. The number of H-pyrrole nitrogens is 2. The first-order valence-electron chi connectivity index (χ1n) is 18.1. The molecule has 0 saturated carbocycles. The van der Waals surface area contributed by atoms with Crippen LogP contribution in [0.15, 0.2) is 163 Å². The van der Waals surface area contributed by atoms with Gasteiger partial charge < -0.3 is 22.0 Å². The number of allylic oxidation sites excluding steroid dienone is 2. The number of aromatic amines is 2. The van der Waals surface area contributed by atoms with E-state index in [2.05, 4.69) is 162 Å². The highest BCUT2D eigenvalue weighted by Gasteiger charge is 2.31. The molecule has 1 aliphatic carbocycles. The Morgan fingerprint density at radius 3 is 2.13 bits per heavy atom. The second-order valence-corrected chi connectivity index (χ2v) is 13.9. The zero-order chi connectivity index (χ0) is 35.5. The molecule has 5 aromatic carbocycles. The molecule has 4 aliphatic rings. The van der Waals surface area contributed by atoms with Crippen LogP contribution in [0.3, 0.4) is 0 Å². The van der Waals surface area contributed by atoms with E-state index in [-0.39, 0.29) is 7.43 Å². The first kappa shape index (κ1) is 33.1. The second kappa shape index (κ2) is 13.3. The zero-order valence-corrected chi connectivity index (χ0v) is 30.5. The average Bonchev–Trinajstić information content (AvgIpc) is 3.88. The van der Waals surface area contributed by atoms with Crippen molar-refractivity contribution >= 4 is 77.3 Å². The molecule has 0 amide bonds. The number of hydrogen-bond acceptors (Lipinski definition) is 2. The number of benzene rings is 5. The molecule has 6 heterocycles. The molecule has 262 valence electrons. The third kappa shape index (κ3) is 5.47. The second-order valence-electron chi connectivity index (χ2n) is 13.9. The molecule has 0 fully saturated rings. The Morgan fingerprint density at radius 1 is 0.630 bits per heavy atom. The largest absolute Gasteiger partial charge is 0.358 e. The van der Waals surface area contributed by atoms with Gasteiger partial charge >= 0.3 is 0 Å². The zero-order valence-electron chi connectivity index (χ0n) is 30.5. The topological polar surface area (TPSA) is 66.7 Å². The number of nitrogens with one attached hydrogen (secondary N) is 3. The molecule has 3 aromatic heterocycles. The van der Waals surface area contributed by atoms with Gasteiger partial charge in [0.2, 0.25) is 0 Å². The number of para-hydroxylation sites is 5. The van der Waals surface area contributed by atoms with Crippen molar-refractivity contribution in [3.63, 3.8) is 0 Å². The Bertz CT molecular complexity index is 3050. The fourth-order valence-corrected chi connectivity index (χ4v) is 8.20. The Kier molecular flexibility index (Phi) is 8.17. The van der Waals surface area contributed by atoms with Crippen molar-refractivity contribution < 1.29 is 4.90 Å². The predicted molar refractivity (Wildman–Crippen MR) is 227 cm³/mol. The van der Waals surface area contributed by atoms with E-state index < -0.39 is 0 Å². The third-order valence-corrected chi connectivity index (χ3v) is 10.7. The van der Waals surface area contributed by atoms with Gasteiger partial charge in [-0.3, -0.25) is 4.90 Å². The summed E-state index contributed by atoms with van der Waals surface area (Å²) < 4.78 is 2.24. The van der Waals surface area contributed by atoms with Gasteiger partial charge in [-0.1, -0.05) is 103 Å². The number of pyridine rings is 2. The normalized spacial score (nSPS) is 15.8. The van der Waals surface area contributed by atoms with Gasteiger partial charge in [-0.2, -0.15) is 0 Å². The number of fused-ring (bicyclic) bond motifs is 12. The molecule has 0 spiro atoms. The molecular formula is C48H40N6. The summed E-state index contributed by atoms with van der Waals surface area (Å²) >= 11 is 0. The van der Waals surface area contributed by atoms with Gasteiger partial charge in [0.15, 0.2) is 5.69 Å². The van der Waals surface area contributed by atoms with Crippen molar-refractivity contribution in [2.45, 2.75) is 6.04 Å². The lowest BCUT2D eigenvalue weighted by Crippen LogP contribution is -3.08. The summed E-state index contributed by atoms with van der Waals surface area (Å²) in [6.07, 6.45) is 11.0. The number of likely N-dealkylation sites (N-methyl/N-ethyl adjacent to an activating group) is 1. The highest BCUT2D eigenvalue weighted by molar-refractivity contribution is 6.08. The van der Waals surface area contributed by atoms with Crippen LogP contribution in [0.25, 0.3) is 83.0 Å². The summed E-state index contributed by atoms with van der Waals surface area (Å²) in [5.41, 5.74) is 14.2. The number of aryl methyl sites for hydroxylation is 1. The van der Waals surface area contributed by atoms with Gasteiger partial charge in [0.05, 0.1) is 51.4 Å². The van der Waals surface area contributed by atoms with Crippen LogP contribution in [-0.2, 0) is 7.05 Å². The minimum Gasteiger partial charge on any atom is -0.358 e. The minimum atomic E-state index is 0. The van der Waals surface area contributed by atoms with E-state index in [1.54, 1.807) is 0 Å². The van der Waals surface area contributed by atoms with Crippen LogP contribution in [0.1, 0.15) is 5.69 Å². The van der Waals surface area contributed by atoms with Gasteiger partial charge in [-0.25, -0.2) is 9.97 Å². The van der Waals surface area contributed by atoms with Gasteiger partial charge in [-0.05, 0) is 60.7 Å². The maximum absolute atomic E-state index is 4.73. The molecular weight excluding hydrogens is 661 g/mol. The van der Waals surface area contributed by atoms with Crippen molar-refractivity contribution in [2.75, 3.05) is 7.05 Å². The lowest BCUT2D eigenvalue weighted by Gasteiger charge is -2.28. The van der Waals surface area contributed by atoms with E-state index in [1.165, 1.54) is 65.5 Å². The summed E-state index contributed by atoms with van der Waals surface area (Å²) in [5, 5.41) is 6.15. The maximum atomic E-state index is 4.73. The van der Waals surface area contributed by atoms with Crippen molar-refractivity contribution in [1.29, 1.82) is 0 Å². The number of nitrogens with zero attached hydrogens (tertiary/aromatic N) is 3. The summed E-state index contributed by atoms with van der Waals surface area (Å²) in [4.78, 5) is 17.8. The molecule has 6 heteroatoms. The lowest BCUT2D eigenvalue weighted by molar-refractivity contribution is -0.824. The highest BCUT2D eigenvalue weighted by atomic mass is 15.2. The van der Waals surface area contributed by atoms with Crippen molar-refractivity contribution in [2.24, 2.45) is 7.05 Å². The standard InChI is InChI=1S/C16H14N2.C16H12N2.C15H10N2.CH3/c2*1-18-15-9-5-2-6-11(15)10-14-16(18)12-7-3-4-8-13(12)17-14;1-3-7-12-10(5-1)9-14-15(17-12)11-6-2-4-8-13(11)16-14;/h2-10,15,17H,1H3;2-10H,1H3;1-9,16H;1H3/q;;;-1/p+1. The van der Waals surface area contributed by atoms with E-state index in [0.29, 0.717) is 6.04 Å². The SMILES string of the molecule is C[NH+]1c2c([nH]c3ccccc23)C=C2C=CC=CC21.Cn1c2c3ccccc3nc-2cc2ccccc21.[CH3-].c1ccc2nc3c(cc2c1)[nH]c1ccccc13. The summed E-state index contributed by atoms with van der Waals surface area (Å²) in [5.74, 6) is 0. The van der Waals surface area contributed by atoms with Crippen molar-refractivity contribution in [3.05, 3.63) is 176 Å². The number of hydrogen-bond donors (Lipinski definition) is 3. The smallest absolute Gasteiger partial charge is 0.164 e. The molecule has 2 atom stereocenters. The summed E-state index contributed by atoms with van der Waals surface area (Å²) in [6, 6.07) is 46.5. The quantitative estimate of drug-likeness (QED) is 0.138. The van der Waals surface area contributed by atoms with Gasteiger partial charge in [0, 0.05) is 45.2 Å². The van der Waals surface area contributed by atoms with Crippen LogP contribution in [0.2, 0.25) is 0 Å². The summed E-state index contributed by atoms with van der Waals surface area (Å²) in [6.45, 7) is 0. The first-order chi connectivity index (χ1) is 26.1. The molecule has 0 radical (unpaired) electrons. The number of rotatable bonds is 0. The molecule has 54 heavy (non-hydrogen) atoms. The molecule has 8 aromatic rings. The molecule has 0 bridgehead atoms. The fraction of sp³-hybridized carbons (Fsp3) is 0.0625. The van der Waals surface area contributed by atoms with Crippen LogP contribution < -0.4 is 4.90 Å². The monoisotopic (exact) mass is 700 g/mol. The van der Waals surface area contributed by atoms with E-state index in [0.717, 1.165) is 33.3 Å². The van der Waals surface area contributed by atoms with Gasteiger partial charge in [-0.15, -0.1) is 0 Å². The Hall–Kier alpha value is -6.76. The van der Waals surface area contributed by atoms with Crippen LogP contribution in [0.4, 0.5) is 5.69 Å². The Balaban J connectivity index is 0.000000106. The van der Waals surface area contributed by atoms with Crippen LogP contribution in [0.5, 0.6) is 0 Å². The fourth-order valence-electron chi connectivity index (χ4n) is 8.20. The van der Waals surface area contributed by atoms with E-state index in [9.17, 15) is 0 Å². The van der Waals surface area contributed by atoms with E-state index in [4.69, 9.17) is 9.97 Å². The number of aromatic nitrogens is 5. The third-order valence-electron chi connectivity index (χ3n) is 10.7. The van der Waals surface area contributed by atoms with Crippen molar-refractivity contribution in [1.82, 2.24) is 24.5 Å². The average molecular weight is 701 g/mol. The minimum absolute atomic E-state index is 0. The van der Waals surface area contributed by atoms with Gasteiger partial charge in [0.1, 0.15) is 11.7 Å². The lowest BCUT2D eigenvalue weighted by atomic mass is 9.95. The highest BCUT2D eigenvalue weighted by Crippen LogP contribution is 2.34. The van der Waals surface area contributed by atoms with Crippen LogP contribution >= 0.6 is 0 Å². The summed E-state index contributed by atoms with van der Waals surface area (Å²) in [7, 11) is 4.36. The molecule has 2 unspecified atom stereocenters. The molecule has 6 nitrogen and oxygen atoms in total. The molecule has 3 N–H and O–H groups in total. The van der Waals surface area contributed by atoms with Crippen LogP contribution in [-0.4, -0.2) is 37.6 Å². The Labute approximate surface area is 313 Å². The van der Waals surface area contributed by atoms with Crippen molar-refractivity contribution in [3.8, 4) is 11.4 Å².